The third-order valence-corrected chi connectivity index (χ3v) is 3.66. The summed E-state index contributed by atoms with van der Waals surface area (Å²) in [6.07, 6.45) is 0.385. The van der Waals surface area contributed by atoms with Gasteiger partial charge in [-0.05, 0) is 13.0 Å². The SMILES string of the molecule is NCCCS(=O)(=O)N(CCO)CCO. The third-order valence-electron chi connectivity index (χ3n) is 1.70. The lowest BCUT2D eigenvalue weighted by atomic mass is 10.5. The highest BCUT2D eigenvalue weighted by Gasteiger charge is 2.19. The number of nitrogens with two attached hydrogens (primary N) is 1. The molecule has 0 aromatic heterocycles. The molecule has 0 spiro atoms. The molecule has 4 N–H and O–H groups in total. The minimum absolute atomic E-state index is 0.0213. The number of aliphatic hydroxyl groups excluding tert-OH is 2. The van der Waals surface area contributed by atoms with Gasteiger partial charge in [-0.25, -0.2) is 8.42 Å². The number of hydrogen-bond donors (Lipinski definition) is 3. The second-order valence-corrected chi connectivity index (χ2v) is 4.89. The third kappa shape index (κ3) is 4.87. The number of nitrogens with zero attached hydrogens (tertiary/aromatic N) is 1. The number of hydrogen-bond acceptors (Lipinski definition) is 5. The van der Waals surface area contributed by atoms with E-state index in [0.717, 1.165) is 4.31 Å². The van der Waals surface area contributed by atoms with Gasteiger partial charge in [-0.1, -0.05) is 0 Å². The molecule has 0 amide bonds. The molecule has 0 fully saturated rings. The summed E-state index contributed by atoms with van der Waals surface area (Å²) in [7, 11) is -3.38. The number of sulfonamides is 1. The summed E-state index contributed by atoms with van der Waals surface area (Å²) in [6.45, 7) is -0.143. The van der Waals surface area contributed by atoms with E-state index < -0.39 is 10.0 Å². The van der Waals surface area contributed by atoms with Crippen LogP contribution in [0.25, 0.3) is 0 Å². The fraction of sp³-hybridized carbons (Fsp3) is 1.00. The monoisotopic (exact) mass is 226 g/mol. The Kier molecular flexibility index (Phi) is 7.02. The molecular formula is C7H18N2O4S. The van der Waals surface area contributed by atoms with E-state index >= 15 is 0 Å². The van der Waals surface area contributed by atoms with Gasteiger partial charge in [-0.15, -0.1) is 0 Å². The van der Waals surface area contributed by atoms with Crippen LogP contribution in [0.4, 0.5) is 0 Å². The quantitative estimate of drug-likeness (QED) is 0.442. The molecule has 6 nitrogen and oxygen atoms in total. The molecule has 0 bridgehead atoms. The van der Waals surface area contributed by atoms with E-state index in [4.69, 9.17) is 15.9 Å². The Hall–Kier alpha value is -0.210. The van der Waals surface area contributed by atoms with Gasteiger partial charge in [-0.2, -0.15) is 4.31 Å². The summed E-state index contributed by atoms with van der Waals surface area (Å²) >= 11 is 0. The highest BCUT2D eigenvalue weighted by molar-refractivity contribution is 7.89. The molecule has 0 aliphatic rings. The molecule has 0 saturated carbocycles. The van der Waals surface area contributed by atoms with E-state index in [2.05, 4.69) is 0 Å². The first-order valence-electron chi connectivity index (χ1n) is 4.48. The van der Waals surface area contributed by atoms with Gasteiger partial charge in [-0.3, -0.25) is 0 Å². The van der Waals surface area contributed by atoms with Crippen molar-refractivity contribution in [3.05, 3.63) is 0 Å². The predicted octanol–water partition coefficient (Wildman–Crippen LogP) is -2.05. The van der Waals surface area contributed by atoms with E-state index in [-0.39, 0.29) is 32.1 Å². The molecule has 14 heavy (non-hydrogen) atoms. The smallest absolute Gasteiger partial charge is 0.214 e. The van der Waals surface area contributed by atoms with E-state index in [9.17, 15) is 8.42 Å². The van der Waals surface area contributed by atoms with E-state index in [0.29, 0.717) is 13.0 Å². The maximum absolute atomic E-state index is 11.5. The summed E-state index contributed by atoms with van der Waals surface area (Å²) in [5, 5.41) is 17.3. The Labute approximate surface area is 84.4 Å². The van der Waals surface area contributed by atoms with Crippen molar-refractivity contribution in [1.29, 1.82) is 0 Å². The summed E-state index contributed by atoms with van der Waals surface area (Å²) < 4.78 is 24.1. The van der Waals surface area contributed by atoms with Crippen molar-refractivity contribution in [3.8, 4) is 0 Å². The van der Waals surface area contributed by atoms with Gasteiger partial charge in [0.25, 0.3) is 0 Å². The van der Waals surface area contributed by atoms with Crippen LogP contribution in [-0.2, 0) is 10.0 Å². The van der Waals surface area contributed by atoms with Crippen LogP contribution in [0.2, 0.25) is 0 Å². The molecule has 0 aromatic rings. The second-order valence-electron chi connectivity index (χ2n) is 2.80. The van der Waals surface area contributed by atoms with Crippen LogP contribution in [0.1, 0.15) is 6.42 Å². The van der Waals surface area contributed by atoms with Gasteiger partial charge in [0.15, 0.2) is 0 Å². The zero-order chi connectivity index (χ0) is 11.0. The Morgan fingerprint density at radius 3 is 2.00 bits per heavy atom. The molecule has 86 valence electrons. The molecule has 0 heterocycles. The van der Waals surface area contributed by atoms with Gasteiger partial charge in [0.05, 0.1) is 19.0 Å². The van der Waals surface area contributed by atoms with E-state index in [1.54, 1.807) is 0 Å². The fourth-order valence-electron chi connectivity index (χ4n) is 1.01. The van der Waals surface area contributed by atoms with E-state index in [1.807, 2.05) is 0 Å². The molecule has 7 heteroatoms. The zero-order valence-corrected chi connectivity index (χ0v) is 8.91. The van der Waals surface area contributed by atoms with Gasteiger partial charge in [0.2, 0.25) is 10.0 Å². The van der Waals surface area contributed by atoms with Crippen LogP contribution in [0.5, 0.6) is 0 Å². The highest BCUT2D eigenvalue weighted by Crippen LogP contribution is 2.01. The maximum Gasteiger partial charge on any atom is 0.214 e. The first-order chi connectivity index (χ1) is 6.58. The minimum Gasteiger partial charge on any atom is -0.395 e. The predicted molar refractivity (Wildman–Crippen MR) is 53.2 cm³/mol. The number of rotatable bonds is 8. The molecule has 0 rings (SSSR count). The van der Waals surface area contributed by atoms with Crippen molar-refractivity contribution in [3.63, 3.8) is 0 Å². The summed E-state index contributed by atoms with van der Waals surface area (Å²) in [4.78, 5) is 0. The van der Waals surface area contributed by atoms with Gasteiger partial charge >= 0.3 is 0 Å². The van der Waals surface area contributed by atoms with Gasteiger partial charge < -0.3 is 15.9 Å². The lowest BCUT2D eigenvalue weighted by Crippen LogP contribution is -2.37. The number of aliphatic hydroxyl groups is 2. The van der Waals surface area contributed by atoms with E-state index in [1.165, 1.54) is 0 Å². The molecule has 0 unspecified atom stereocenters. The zero-order valence-electron chi connectivity index (χ0n) is 8.09. The lowest BCUT2D eigenvalue weighted by molar-refractivity contribution is 0.217. The topological polar surface area (TPSA) is 104 Å². The average Bonchev–Trinajstić information content (AvgIpc) is 2.14. The van der Waals surface area contributed by atoms with Crippen molar-refractivity contribution >= 4 is 10.0 Å². The van der Waals surface area contributed by atoms with Crippen LogP contribution >= 0.6 is 0 Å². The largest absolute Gasteiger partial charge is 0.395 e. The first kappa shape index (κ1) is 13.8. The van der Waals surface area contributed by atoms with Crippen molar-refractivity contribution in [2.45, 2.75) is 6.42 Å². The Morgan fingerprint density at radius 1 is 1.14 bits per heavy atom. The fourth-order valence-corrected chi connectivity index (χ4v) is 2.52. The van der Waals surface area contributed by atoms with Crippen molar-refractivity contribution in [1.82, 2.24) is 4.31 Å². The lowest BCUT2D eigenvalue weighted by Gasteiger charge is -2.19. The second kappa shape index (κ2) is 7.13. The molecular weight excluding hydrogens is 208 g/mol. The molecule has 0 radical (unpaired) electrons. The van der Waals surface area contributed by atoms with Crippen LogP contribution in [-0.4, -0.2) is 61.5 Å². The normalized spacial score (nSPS) is 12.3. The summed E-state index contributed by atoms with van der Waals surface area (Å²) in [5.41, 5.74) is 5.20. The molecule has 0 saturated heterocycles. The molecule has 0 aromatic carbocycles. The van der Waals surface area contributed by atoms with Crippen LogP contribution in [0.3, 0.4) is 0 Å². The summed E-state index contributed by atoms with van der Waals surface area (Å²) in [5.74, 6) is -0.0382. The molecule has 0 aliphatic heterocycles. The Balaban J connectivity index is 4.29. The minimum atomic E-state index is -3.38. The van der Waals surface area contributed by atoms with Crippen molar-refractivity contribution < 1.29 is 18.6 Å². The van der Waals surface area contributed by atoms with Gasteiger partial charge in [0, 0.05) is 13.1 Å². The Morgan fingerprint density at radius 2 is 1.64 bits per heavy atom. The maximum atomic E-state index is 11.5. The van der Waals surface area contributed by atoms with Crippen LogP contribution < -0.4 is 5.73 Å². The highest BCUT2D eigenvalue weighted by atomic mass is 32.2. The molecule has 0 atom stereocenters. The van der Waals surface area contributed by atoms with Crippen LogP contribution in [0.15, 0.2) is 0 Å². The van der Waals surface area contributed by atoms with Crippen molar-refractivity contribution in [2.24, 2.45) is 5.73 Å². The standard InChI is InChI=1S/C7H18N2O4S/c8-2-1-7-14(12,13)9(3-5-10)4-6-11/h10-11H,1-8H2. The van der Waals surface area contributed by atoms with Gasteiger partial charge in [0.1, 0.15) is 0 Å². The first-order valence-corrected chi connectivity index (χ1v) is 6.09. The summed E-state index contributed by atoms with van der Waals surface area (Å²) in [6, 6.07) is 0. The van der Waals surface area contributed by atoms with Crippen LogP contribution in [0, 0.1) is 0 Å². The van der Waals surface area contributed by atoms with Crippen molar-refractivity contribution in [2.75, 3.05) is 38.6 Å². The molecule has 0 aliphatic carbocycles. The Bertz CT molecular complexity index is 224. The average molecular weight is 226 g/mol.